The monoisotopic (exact) mass is 623 g/mol. The molecule has 1 saturated carbocycles. The quantitative estimate of drug-likeness (QED) is 0.328. The Morgan fingerprint density at radius 1 is 0.848 bits per heavy atom. The van der Waals surface area contributed by atoms with Gasteiger partial charge < -0.3 is 20.6 Å². The number of likely N-dealkylation sites (N-methyl/N-ethyl adjacent to an activating group) is 1. The number of carboxylic acid groups (broad SMARTS) is 1. The molecule has 3 aromatic rings. The molecule has 1 unspecified atom stereocenters. The molecule has 46 heavy (non-hydrogen) atoms. The Morgan fingerprint density at radius 2 is 1.48 bits per heavy atom. The third kappa shape index (κ3) is 7.11. The number of nitrogens with two attached hydrogens (primary N) is 1. The van der Waals surface area contributed by atoms with Crippen LogP contribution in [0, 0.1) is 17.8 Å². The van der Waals surface area contributed by atoms with E-state index in [2.05, 4.69) is 9.80 Å². The zero-order valence-corrected chi connectivity index (χ0v) is 26.6. The van der Waals surface area contributed by atoms with Crippen LogP contribution >= 0.6 is 0 Å². The predicted octanol–water partition coefficient (Wildman–Crippen LogP) is 5.02. The lowest BCUT2D eigenvalue weighted by molar-refractivity contribution is -0.123. The largest absolute Gasteiger partial charge is 0.465 e. The number of nitrogens with zero attached hydrogens (tertiary/aromatic N) is 4. The molecule has 3 atom stereocenters. The Kier molecular flexibility index (Phi) is 9.70. The zero-order valence-electron chi connectivity index (χ0n) is 26.6. The number of carbonyl (C=O) groups is 3. The summed E-state index contributed by atoms with van der Waals surface area (Å²) < 4.78 is 0. The molecule has 3 aromatic carbocycles. The SMILES string of the molecule is CN(CCN1C[C@H]2CC(N(C(=O)O)c3ccccc3-c3ccccc3)C[C@H]2C1)C(=O)c1ccc(CN2CCC(C(N)=O)CC2)cc1. The van der Waals surface area contributed by atoms with Crippen LogP contribution < -0.4 is 10.6 Å². The lowest BCUT2D eigenvalue weighted by Crippen LogP contribution is -2.40. The molecule has 1 aliphatic carbocycles. The van der Waals surface area contributed by atoms with Crippen LogP contribution in [0.1, 0.15) is 41.6 Å². The highest BCUT2D eigenvalue weighted by atomic mass is 16.4. The van der Waals surface area contributed by atoms with Crippen LogP contribution in [0.4, 0.5) is 10.5 Å². The van der Waals surface area contributed by atoms with Crippen molar-refractivity contribution in [2.75, 3.05) is 51.2 Å². The van der Waals surface area contributed by atoms with E-state index < -0.39 is 6.09 Å². The minimum absolute atomic E-state index is 0.0144. The van der Waals surface area contributed by atoms with E-state index in [1.54, 1.807) is 9.80 Å². The standard InChI is InChI=1S/C37H45N5O4/c1-39(36(44)29-13-11-26(12-14-29)23-40-17-15-28(16-18-40)35(38)43)19-20-41-24-30-21-32(22-31(30)25-41)42(37(45)46)34-10-6-5-9-33(34)27-7-3-2-4-8-27/h2-14,28,30-32H,15-25H2,1H3,(H2,38,43)(H,45,46)/t30-,31+,32?. The van der Waals surface area contributed by atoms with Crippen molar-refractivity contribution >= 4 is 23.6 Å². The van der Waals surface area contributed by atoms with E-state index in [0.717, 1.165) is 87.3 Å². The summed E-state index contributed by atoms with van der Waals surface area (Å²) in [5.41, 5.74) is 10.0. The maximum atomic E-state index is 13.2. The second-order valence-electron chi connectivity index (χ2n) is 13.3. The zero-order chi connectivity index (χ0) is 32.2. The van der Waals surface area contributed by atoms with Gasteiger partial charge in [-0.3, -0.25) is 19.4 Å². The van der Waals surface area contributed by atoms with Crippen molar-refractivity contribution in [3.8, 4) is 11.1 Å². The summed E-state index contributed by atoms with van der Waals surface area (Å²) in [6.07, 6.45) is 2.41. The number of piperidine rings is 1. The first-order valence-corrected chi connectivity index (χ1v) is 16.5. The number of fused-ring (bicyclic) bond motifs is 1. The van der Waals surface area contributed by atoms with E-state index in [1.807, 2.05) is 85.9 Å². The smallest absolute Gasteiger partial charge is 0.412 e. The van der Waals surface area contributed by atoms with Crippen molar-refractivity contribution in [3.05, 3.63) is 90.0 Å². The van der Waals surface area contributed by atoms with Crippen LogP contribution in [0.3, 0.4) is 0 Å². The molecule has 2 aliphatic heterocycles. The molecule has 242 valence electrons. The van der Waals surface area contributed by atoms with Crippen LogP contribution in [0.15, 0.2) is 78.9 Å². The Hall–Kier alpha value is -4.21. The summed E-state index contributed by atoms with van der Waals surface area (Å²) in [5, 5.41) is 10.3. The topological polar surface area (TPSA) is 110 Å². The molecule has 3 fully saturated rings. The van der Waals surface area contributed by atoms with Crippen molar-refractivity contribution < 1.29 is 19.5 Å². The van der Waals surface area contributed by atoms with Crippen molar-refractivity contribution in [1.82, 2.24) is 14.7 Å². The van der Waals surface area contributed by atoms with E-state index in [1.165, 1.54) is 0 Å². The minimum Gasteiger partial charge on any atom is -0.465 e. The van der Waals surface area contributed by atoms with Crippen LogP contribution in [0.2, 0.25) is 0 Å². The van der Waals surface area contributed by atoms with Crippen molar-refractivity contribution in [2.24, 2.45) is 23.5 Å². The number of hydrogen-bond donors (Lipinski definition) is 2. The lowest BCUT2D eigenvalue weighted by Gasteiger charge is -2.30. The summed E-state index contributed by atoms with van der Waals surface area (Å²) in [5.74, 6) is 0.704. The van der Waals surface area contributed by atoms with Crippen LogP contribution in [0.25, 0.3) is 11.1 Å². The highest BCUT2D eigenvalue weighted by Gasteiger charge is 2.44. The number of primary amides is 1. The number of carbonyl (C=O) groups excluding carboxylic acids is 2. The highest BCUT2D eigenvalue weighted by Crippen LogP contribution is 2.43. The van der Waals surface area contributed by atoms with E-state index >= 15 is 0 Å². The number of hydrogen-bond acceptors (Lipinski definition) is 5. The van der Waals surface area contributed by atoms with Gasteiger partial charge in [-0.2, -0.15) is 0 Å². The van der Waals surface area contributed by atoms with Gasteiger partial charge in [0.25, 0.3) is 5.91 Å². The van der Waals surface area contributed by atoms with Crippen molar-refractivity contribution in [3.63, 3.8) is 0 Å². The number of para-hydroxylation sites is 1. The van der Waals surface area contributed by atoms with Gasteiger partial charge in [0.05, 0.1) is 5.69 Å². The maximum Gasteiger partial charge on any atom is 0.412 e. The van der Waals surface area contributed by atoms with Gasteiger partial charge in [0.1, 0.15) is 0 Å². The molecule has 9 nitrogen and oxygen atoms in total. The van der Waals surface area contributed by atoms with Gasteiger partial charge in [-0.05, 0) is 79.9 Å². The molecular formula is C37H45N5O4. The molecule has 6 rings (SSSR count). The van der Waals surface area contributed by atoms with Gasteiger partial charge >= 0.3 is 6.09 Å². The third-order valence-corrected chi connectivity index (χ3v) is 10.3. The summed E-state index contributed by atoms with van der Waals surface area (Å²) in [6, 6.07) is 25.6. The molecular weight excluding hydrogens is 578 g/mol. The van der Waals surface area contributed by atoms with Gasteiger partial charge in [-0.15, -0.1) is 0 Å². The number of benzene rings is 3. The molecule has 3 N–H and O–H groups in total. The Bertz CT molecular complexity index is 1510. The first-order valence-electron chi connectivity index (χ1n) is 16.5. The molecule has 2 heterocycles. The fourth-order valence-corrected chi connectivity index (χ4v) is 7.76. The maximum absolute atomic E-state index is 13.2. The molecule has 0 radical (unpaired) electrons. The van der Waals surface area contributed by atoms with E-state index in [9.17, 15) is 19.5 Å². The lowest BCUT2D eigenvalue weighted by atomic mass is 9.96. The Labute approximate surface area is 271 Å². The highest BCUT2D eigenvalue weighted by molar-refractivity contribution is 5.94. The Morgan fingerprint density at radius 3 is 2.11 bits per heavy atom. The van der Waals surface area contributed by atoms with Crippen LogP contribution in [0.5, 0.6) is 0 Å². The molecule has 9 heteroatoms. The van der Waals surface area contributed by atoms with Gasteiger partial charge in [0.15, 0.2) is 0 Å². The molecule has 0 spiro atoms. The number of anilines is 1. The van der Waals surface area contributed by atoms with Gasteiger partial charge in [0, 0.05) is 62.9 Å². The number of rotatable bonds is 10. The Balaban J connectivity index is 0.986. The first kappa shape index (κ1) is 31.8. The van der Waals surface area contributed by atoms with E-state index in [-0.39, 0.29) is 23.8 Å². The normalized spacial score (nSPS) is 22.0. The molecule has 3 amide bonds. The number of likely N-dealkylation sites (tertiary alicyclic amines) is 2. The van der Waals surface area contributed by atoms with Crippen LogP contribution in [-0.4, -0.2) is 90.1 Å². The van der Waals surface area contributed by atoms with Gasteiger partial charge in [0.2, 0.25) is 5.91 Å². The van der Waals surface area contributed by atoms with Crippen LogP contribution in [-0.2, 0) is 11.3 Å². The second kappa shape index (κ2) is 14.1. The fourth-order valence-electron chi connectivity index (χ4n) is 7.76. The molecule has 3 aliphatic rings. The minimum atomic E-state index is -0.900. The molecule has 0 aromatic heterocycles. The summed E-state index contributed by atoms with van der Waals surface area (Å²) >= 11 is 0. The molecule has 0 bridgehead atoms. The average Bonchev–Trinajstić information content (AvgIpc) is 3.63. The summed E-state index contributed by atoms with van der Waals surface area (Å²) in [7, 11) is 1.86. The third-order valence-electron chi connectivity index (χ3n) is 10.3. The molecule has 2 saturated heterocycles. The summed E-state index contributed by atoms with van der Waals surface area (Å²) in [4.78, 5) is 45.4. The predicted molar refractivity (Wildman–Crippen MR) is 179 cm³/mol. The van der Waals surface area contributed by atoms with E-state index in [0.29, 0.717) is 23.9 Å². The fraction of sp³-hybridized carbons (Fsp3) is 0.432. The van der Waals surface area contributed by atoms with Crippen molar-refractivity contribution in [2.45, 2.75) is 38.3 Å². The van der Waals surface area contributed by atoms with Gasteiger partial charge in [-0.1, -0.05) is 60.7 Å². The second-order valence-corrected chi connectivity index (χ2v) is 13.3. The first-order chi connectivity index (χ1) is 22.3. The van der Waals surface area contributed by atoms with Gasteiger partial charge in [-0.25, -0.2) is 4.79 Å². The van der Waals surface area contributed by atoms with Crippen molar-refractivity contribution in [1.29, 1.82) is 0 Å². The number of amides is 3. The summed E-state index contributed by atoms with van der Waals surface area (Å²) in [6.45, 7) is 5.83. The van der Waals surface area contributed by atoms with E-state index in [4.69, 9.17) is 5.73 Å². The average molecular weight is 624 g/mol.